The molecule has 4 heteroatoms. The molecule has 0 bridgehead atoms. The molecule has 1 aromatic rings. The van der Waals surface area contributed by atoms with Crippen LogP contribution in [-0.2, 0) is 4.74 Å². The summed E-state index contributed by atoms with van der Waals surface area (Å²) in [6.45, 7) is 3.92. The van der Waals surface area contributed by atoms with Crippen LogP contribution in [0.4, 0.5) is 0 Å². The maximum atomic E-state index is 12.3. The average Bonchev–Trinajstić information content (AvgIpc) is 2.29. The number of amides is 1. The predicted molar refractivity (Wildman–Crippen MR) is 65.5 cm³/mol. The Morgan fingerprint density at radius 2 is 2.25 bits per heavy atom. The Kier molecular flexibility index (Phi) is 3.61. The Bertz CT molecular complexity index is 394. The molecule has 86 valence electrons. The molecule has 1 saturated heterocycles. The topological polar surface area (TPSA) is 29.5 Å². The van der Waals surface area contributed by atoms with Crippen LogP contribution in [0.1, 0.15) is 17.3 Å². The lowest BCUT2D eigenvalue weighted by molar-refractivity contribution is 0.00354. The third kappa shape index (κ3) is 2.28. The van der Waals surface area contributed by atoms with Gasteiger partial charge in [-0.2, -0.15) is 0 Å². The standard InChI is InChI=1S/C12H14BrNO2/c1-9-8-16-7-6-14(9)12(15)10-4-2-3-5-11(10)13/h2-5,9H,6-8H2,1H3. The van der Waals surface area contributed by atoms with E-state index in [-0.39, 0.29) is 11.9 Å². The number of nitrogens with zero attached hydrogens (tertiary/aromatic N) is 1. The molecular formula is C12H14BrNO2. The fraction of sp³-hybridized carbons (Fsp3) is 0.417. The summed E-state index contributed by atoms with van der Waals surface area (Å²) in [4.78, 5) is 14.1. The highest BCUT2D eigenvalue weighted by molar-refractivity contribution is 9.10. The zero-order valence-electron chi connectivity index (χ0n) is 9.15. The average molecular weight is 284 g/mol. The van der Waals surface area contributed by atoms with E-state index in [4.69, 9.17) is 4.74 Å². The highest BCUT2D eigenvalue weighted by atomic mass is 79.9. The van der Waals surface area contributed by atoms with Crippen molar-refractivity contribution in [1.82, 2.24) is 4.90 Å². The molecule has 0 spiro atoms. The summed E-state index contributed by atoms with van der Waals surface area (Å²) >= 11 is 3.40. The van der Waals surface area contributed by atoms with Gasteiger partial charge in [-0.3, -0.25) is 4.79 Å². The Hall–Kier alpha value is -0.870. The van der Waals surface area contributed by atoms with Crippen LogP contribution < -0.4 is 0 Å². The molecule has 1 aliphatic heterocycles. The van der Waals surface area contributed by atoms with E-state index in [1.165, 1.54) is 0 Å². The van der Waals surface area contributed by atoms with E-state index >= 15 is 0 Å². The minimum atomic E-state index is 0.0725. The van der Waals surface area contributed by atoms with Gasteiger partial charge in [0.2, 0.25) is 0 Å². The van der Waals surface area contributed by atoms with Gasteiger partial charge in [0.05, 0.1) is 24.8 Å². The Morgan fingerprint density at radius 3 is 2.94 bits per heavy atom. The minimum Gasteiger partial charge on any atom is -0.377 e. The number of halogens is 1. The van der Waals surface area contributed by atoms with E-state index in [0.29, 0.717) is 19.8 Å². The molecule has 0 N–H and O–H groups in total. The van der Waals surface area contributed by atoms with Crippen LogP contribution in [0.25, 0.3) is 0 Å². The number of hydrogen-bond acceptors (Lipinski definition) is 2. The molecule has 0 saturated carbocycles. The van der Waals surface area contributed by atoms with Gasteiger partial charge < -0.3 is 9.64 Å². The molecule has 1 aliphatic rings. The van der Waals surface area contributed by atoms with Gasteiger partial charge in [0.1, 0.15) is 0 Å². The summed E-state index contributed by atoms with van der Waals surface area (Å²) < 4.78 is 6.17. The summed E-state index contributed by atoms with van der Waals surface area (Å²) in [5.74, 6) is 0.0725. The fourth-order valence-electron chi connectivity index (χ4n) is 1.82. The number of carbonyl (C=O) groups excluding carboxylic acids is 1. The van der Waals surface area contributed by atoms with Crippen LogP contribution in [0.5, 0.6) is 0 Å². The van der Waals surface area contributed by atoms with Crippen LogP contribution in [0.15, 0.2) is 28.7 Å². The number of rotatable bonds is 1. The number of morpholine rings is 1. The number of hydrogen-bond donors (Lipinski definition) is 0. The van der Waals surface area contributed by atoms with Crippen LogP contribution in [0.2, 0.25) is 0 Å². The number of ether oxygens (including phenoxy) is 1. The van der Waals surface area contributed by atoms with Crippen molar-refractivity contribution in [3.8, 4) is 0 Å². The molecule has 2 rings (SSSR count). The molecule has 1 unspecified atom stereocenters. The van der Waals surface area contributed by atoms with Gasteiger partial charge >= 0.3 is 0 Å². The van der Waals surface area contributed by atoms with Gasteiger partial charge in [0.15, 0.2) is 0 Å². The monoisotopic (exact) mass is 283 g/mol. The number of carbonyl (C=O) groups is 1. The van der Waals surface area contributed by atoms with Gasteiger partial charge in [-0.05, 0) is 35.0 Å². The van der Waals surface area contributed by atoms with Crippen molar-refractivity contribution in [3.63, 3.8) is 0 Å². The molecule has 0 aromatic heterocycles. The molecule has 16 heavy (non-hydrogen) atoms. The SMILES string of the molecule is CC1COCCN1C(=O)c1ccccc1Br. The summed E-state index contributed by atoms with van der Waals surface area (Å²) in [5, 5.41) is 0. The zero-order valence-corrected chi connectivity index (χ0v) is 10.7. The largest absolute Gasteiger partial charge is 0.377 e. The lowest BCUT2D eigenvalue weighted by Crippen LogP contribution is -2.47. The maximum Gasteiger partial charge on any atom is 0.255 e. The van der Waals surface area contributed by atoms with Crippen molar-refractivity contribution in [3.05, 3.63) is 34.3 Å². The summed E-state index contributed by atoms with van der Waals surface area (Å²) in [7, 11) is 0. The van der Waals surface area contributed by atoms with Crippen molar-refractivity contribution >= 4 is 21.8 Å². The molecule has 1 amide bonds. The fourth-order valence-corrected chi connectivity index (χ4v) is 2.27. The lowest BCUT2D eigenvalue weighted by Gasteiger charge is -2.33. The second-order valence-corrected chi connectivity index (χ2v) is 4.76. The maximum absolute atomic E-state index is 12.3. The van der Waals surface area contributed by atoms with E-state index in [1.807, 2.05) is 36.1 Å². The third-order valence-electron chi connectivity index (χ3n) is 2.73. The molecular weight excluding hydrogens is 270 g/mol. The first-order valence-electron chi connectivity index (χ1n) is 5.33. The van der Waals surface area contributed by atoms with Crippen molar-refractivity contribution in [2.24, 2.45) is 0 Å². The van der Waals surface area contributed by atoms with Crippen molar-refractivity contribution in [1.29, 1.82) is 0 Å². The van der Waals surface area contributed by atoms with E-state index in [2.05, 4.69) is 15.9 Å². The normalized spacial score (nSPS) is 20.9. The van der Waals surface area contributed by atoms with Crippen LogP contribution in [-0.4, -0.2) is 36.6 Å². The highest BCUT2D eigenvalue weighted by Gasteiger charge is 2.25. The molecule has 1 aromatic carbocycles. The molecule has 1 atom stereocenters. The lowest BCUT2D eigenvalue weighted by atomic mass is 10.1. The van der Waals surface area contributed by atoms with Gasteiger partial charge in [-0.15, -0.1) is 0 Å². The second-order valence-electron chi connectivity index (χ2n) is 3.90. The van der Waals surface area contributed by atoms with Gasteiger partial charge in [0, 0.05) is 11.0 Å². The van der Waals surface area contributed by atoms with Crippen LogP contribution >= 0.6 is 15.9 Å². The van der Waals surface area contributed by atoms with Gasteiger partial charge in [0.25, 0.3) is 5.91 Å². The van der Waals surface area contributed by atoms with Gasteiger partial charge in [-0.25, -0.2) is 0 Å². The molecule has 3 nitrogen and oxygen atoms in total. The van der Waals surface area contributed by atoms with Crippen LogP contribution in [0, 0.1) is 0 Å². The van der Waals surface area contributed by atoms with Crippen molar-refractivity contribution < 1.29 is 9.53 Å². The summed E-state index contributed by atoms with van der Waals surface area (Å²) in [6.07, 6.45) is 0. The van der Waals surface area contributed by atoms with Crippen molar-refractivity contribution in [2.75, 3.05) is 19.8 Å². The Balaban J connectivity index is 2.21. The van der Waals surface area contributed by atoms with E-state index < -0.39 is 0 Å². The molecule has 0 radical (unpaired) electrons. The first-order chi connectivity index (χ1) is 7.70. The smallest absolute Gasteiger partial charge is 0.255 e. The predicted octanol–water partition coefficient (Wildman–Crippen LogP) is 2.31. The zero-order chi connectivity index (χ0) is 11.5. The van der Waals surface area contributed by atoms with Crippen LogP contribution in [0.3, 0.4) is 0 Å². The highest BCUT2D eigenvalue weighted by Crippen LogP contribution is 2.20. The third-order valence-corrected chi connectivity index (χ3v) is 3.42. The quantitative estimate of drug-likeness (QED) is 0.792. The van der Waals surface area contributed by atoms with Gasteiger partial charge in [-0.1, -0.05) is 12.1 Å². The summed E-state index contributed by atoms with van der Waals surface area (Å²) in [6, 6.07) is 7.66. The molecule has 0 aliphatic carbocycles. The second kappa shape index (κ2) is 4.97. The number of benzene rings is 1. The Morgan fingerprint density at radius 1 is 1.50 bits per heavy atom. The van der Waals surface area contributed by atoms with E-state index in [0.717, 1.165) is 10.0 Å². The summed E-state index contributed by atoms with van der Waals surface area (Å²) in [5.41, 5.74) is 0.719. The first kappa shape index (κ1) is 11.6. The van der Waals surface area contributed by atoms with E-state index in [1.54, 1.807) is 0 Å². The Labute approximate surface area is 104 Å². The van der Waals surface area contributed by atoms with E-state index in [9.17, 15) is 4.79 Å². The first-order valence-corrected chi connectivity index (χ1v) is 6.12. The molecule has 1 fully saturated rings. The molecule has 1 heterocycles. The van der Waals surface area contributed by atoms with Crippen molar-refractivity contribution in [2.45, 2.75) is 13.0 Å². The minimum absolute atomic E-state index is 0.0725.